The van der Waals surface area contributed by atoms with Crippen LogP contribution in [0.3, 0.4) is 0 Å². The van der Waals surface area contributed by atoms with E-state index in [1.54, 1.807) is 12.4 Å². The molecule has 3 aromatic rings. The lowest BCUT2D eigenvalue weighted by molar-refractivity contribution is 0.103. The highest BCUT2D eigenvalue weighted by atomic mass is 16.3. The van der Waals surface area contributed by atoms with Crippen molar-refractivity contribution in [1.82, 2.24) is 4.98 Å². The molecule has 0 saturated carbocycles. The van der Waals surface area contributed by atoms with Gasteiger partial charge in [-0.3, -0.25) is 9.78 Å². The molecule has 0 fully saturated rings. The number of para-hydroxylation sites is 1. The second-order valence-electron chi connectivity index (χ2n) is 4.23. The number of aryl methyl sites for hydroxylation is 1. The Balaban J connectivity index is 2.12. The van der Waals surface area contributed by atoms with Crippen LogP contribution >= 0.6 is 0 Å². The Morgan fingerprint density at radius 2 is 2.06 bits per heavy atom. The molecule has 18 heavy (non-hydrogen) atoms. The van der Waals surface area contributed by atoms with E-state index in [-0.39, 0.29) is 5.78 Å². The molecule has 0 radical (unpaired) electrons. The summed E-state index contributed by atoms with van der Waals surface area (Å²) in [5, 5.41) is 0.837. The van der Waals surface area contributed by atoms with Crippen LogP contribution in [0.5, 0.6) is 0 Å². The quantitative estimate of drug-likeness (QED) is 0.642. The standard InChI is InChI=1S/C15H11NO2/c1-10-6-11(8-16-7-10)15(17)13-9-18-14-5-3-2-4-12(13)14/h2-9H,1H3. The number of pyridine rings is 1. The predicted octanol–water partition coefficient (Wildman–Crippen LogP) is 3.37. The second kappa shape index (κ2) is 4.11. The third-order valence-corrected chi connectivity index (χ3v) is 2.86. The minimum absolute atomic E-state index is 0.0591. The van der Waals surface area contributed by atoms with E-state index >= 15 is 0 Å². The fraction of sp³-hybridized carbons (Fsp3) is 0.0667. The lowest BCUT2D eigenvalue weighted by Gasteiger charge is -1.99. The fourth-order valence-electron chi connectivity index (χ4n) is 1.99. The lowest BCUT2D eigenvalue weighted by atomic mass is 10.0. The summed E-state index contributed by atoms with van der Waals surface area (Å²) in [6.07, 6.45) is 4.82. The fourth-order valence-corrected chi connectivity index (χ4v) is 1.99. The van der Waals surface area contributed by atoms with Crippen molar-refractivity contribution in [1.29, 1.82) is 0 Å². The summed E-state index contributed by atoms with van der Waals surface area (Å²) < 4.78 is 5.38. The number of aromatic nitrogens is 1. The topological polar surface area (TPSA) is 43.1 Å². The summed E-state index contributed by atoms with van der Waals surface area (Å²) >= 11 is 0. The second-order valence-corrected chi connectivity index (χ2v) is 4.23. The zero-order valence-electron chi connectivity index (χ0n) is 9.88. The number of furan rings is 1. The molecular weight excluding hydrogens is 226 g/mol. The summed E-state index contributed by atoms with van der Waals surface area (Å²) in [6.45, 7) is 1.91. The monoisotopic (exact) mass is 237 g/mol. The van der Waals surface area contributed by atoms with Crippen molar-refractivity contribution in [2.45, 2.75) is 6.92 Å². The predicted molar refractivity (Wildman–Crippen MR) is 68.6 cm³/mol. The van der Waals surface area contributed by atoms with Gasteiger partial charge in [-0.15, -0.1) is 0 Å². The molecule has 2 aromatic heterocycles. The van der Waals surface area contributed by atoms with Crippen molar-refractivity contribution < 1.29 is 9.21 Å². The van der Waals surface area contributed by atoms with Crippen molar-refractivity contribution >= 4 is 16.8 Å². The van der Waals surface area contributed by atoms with Gasteiger partial charge in [-0.25, -0.2) is 0 Å². The molecule has 3 nitrogen and oxygen atoms in total. The normalized spacial score (nSPS) is 10.7. The maximum absolute atomic E-state index is 12.4. The van der Waals surface area contributed by atoms with Gasteiger partial charge in [0, 0.05) is 23.3 Å². The highest BCUT2D eigenvalue weighted by molar-refractivity contribution is 6.15. The maximum atomic E-state index is 12.4. The average molecular weight is 237 g/mol. The number of ketones is 1. The molecule has 0 N–H and O–H groups in total. The summed E-state index contributed by atoms with van der Waals surface area (Å²) in [4.78, 5) is 16.4. The Morgan fingerprint density at radius 1 is 1.22 bits per heavy atom. The smallest absolute Gasteiger partial charge is 0.198 e. The lowest BCUT2D eigenvalue weighted by Crippen LogP contribution is -2.01. The molecule has 0 aliphatic rings. The van der Waals surface area contributed by atoms with Gasteiger partial charge in [0.25, 0.3) is 0 Å². The molecule has 1 aromatic carbocycles. The van der Waals surface area contributed by atoms with Crippen molar-refractivity contribution in [3.8, 4) is 0 Å². The zero-order chi connectivity index (χ0) is 12.5. The number of benzene rings is 1. The van der Waals surface area contributed by atoms with Gasteiger partial charge in [0.2, 0.25) is 0 Å². The number of hydrogen-bond donors (Lipinski definition) is 0. The Hall–Kier alpha value is -2.42. The summed E-state index contributed by atoms with van der Waals surface area (Å²) in [7, 11) is 0. The van der Waals surface area contributed by atoms with Crippen LogP contribution in [0, 0.1) is 6.92 Å². The molecule has 0 aliphatic carbocycles. The van der Waals surface area contributed by atoms with Gasteiger partial charge in [-0.2, -0.15) is 0 Å². The SMILES string of the molecule is Cc1cncc(C(=O)c2coc3ccccc23)c1. The number of carbonyl (C=O) groups excluding carboxylic acids is 1. The van der Waals surface area contributed by atoms with E-state index in [1.807, 2.05) is 37.3 Å². The van der Waals surface area contributed by atoms with Crippen molar-refractivity contribution in [2.24, 2.45) is 0 Å². The molecule has 0 bridgehead atoms. The van der Waals surface area contributed by atoms with Gasteiger partial charge in [-0.1, -0.05) is 18.2 Å². The molecule has 0 unspecified atom stereocenters. The first-order valence-electron chi connectivity index (χ1n) is 5.68. The Morgan fingerprint density at radius 3 is 2.89 bits per heavy atom. The summed E-state index contributed by atoms with van der Waals surface area (Å²) in [5.74, 6) is -0.0591. The van der Waals surface area contributed by atoms with Gasteiger partial charge < -0.3 is 4.42 Å². The zero-order valence-corrected chi connectivity index (χ0v) is 9.88. The van der Waals surface area contributed by atoms with E-state index in [1.165, 1.54) is 6.26 Å². The summed E-state index contributed by atoms with van der Waals surface area (Å²) in [6, 6.07) is 9.34. The van der Waals surface area contributed by atoms with Crippen LogP contribution in [-0.2, 0) is 0 Å². The van der Waals surface area contributed by atoms with Crippen molar-refractivity contribution in [2.75, 3.05) is 0 Å². The minimum Gasteiger partial charge on any atom is -0.464 e. The van der Waals surface area contributed by atoms with Gasteiger partial charge in [0.1, 0.15) is 11.8 Å². The molecule has 0 amide bonds. The first-order valence-corrected chi connectivity index (χ1v) is 5.68. The molecule has 2 heterocycles. The molecule has 0 atom stereocenters. The van der Waals surface area contributed by atoms with Crippen molar-refractivity contribution in [3.05, 3.63) is 65.7 Å². The third kappa shape index (κ3) is 1.70. The van der Waals surface area contributed by atoms with E-state index in [9.17, 15) is 4.79 Å². The Bertz CT molecular complexity index is 728. The van der Waals surface area contributed by atoms with Gasteiger partial charge in [0.05, 0.1) is 5.56 Å². The van der Waals surface area contributed by atoms with Crippen LogP contribution < -0.4 is 0 Å². The third-order valence-electron chi connectivity index (χ3n) is 2.86. The largest absolute Gasteiger partial charge is 0.464 e. The molecule has 0 spiro atoms. The van der Waals surface area contributed by atoms with E-state index in [2.05, 4.69) is 4.98 Å². The average Bonchev–Trinajstić information content (AvgIpc) is 2.82. The first-order chi connectivity index (χ1) is 8.75. The van der Waals surface area contributed by atoms with E-state index in [0.717, 1.165) is 16.5 Å². The Labute approximate surface area is 104 Å². The number of hydrogen-bond acceptors (Lipinski definition) is 3. The van der Waals surface area contributed by atoms with E-state index in [0.29, 0.717) is 11.1 Å². The maximum Gasteiger partial charge on any atom is 0.198 e. The highest BCUT2D eigenvalue weighted by Crippen LogP contribution is 2.23. The first kappa shape index (κ1) is 10.7. The van der Waals surface area contributed by atoms with Crippen LogP contribution in [0.1, 0.15) is 21.5 Å². The van der Waals surface area contributed by atoms with E-state index < -0.39 is 0 Å². The minimum atomic E-state index is -0.0591. The summed E-state index contributed by atoms with van der Waals surface area (Å²) in [5.41, 5.74) is 2.86. The molecule has 0 aliphatic heterocycles. The Kier molecular flexibility index (Phi) is 2.45. The van der Waals surface area contributed by atoms with Crippen LogP contribution in [0.25, 0.3) is 11.0 Å². The van der Waals surface area contributed by atoms with E-state index in [4.69, 9.17) is 4.42 Å². The molecule has 88 valence electrons. The number of carbonyl (C=O) groups is 1. The molecule has 3 heteroatoms. The molecule has 3 rings (SSSR count). The van der Waals surface area contributed by atoms with Crippen molar-refractivity contribution in [3.63, 3.8) is 0 Å². The van der Waals surface area contributed by atoms with Crippen LogP contribution in [0.4, 0.5) is 0 Å². The van der Waals surface area contributed by atoms with Gasteiger partial charge in [-0.05, 0) is 24.6 Å². The molecular formula is C15H11NO2. The van der Waals surface area contributed by atoms with Crippen LogP contribution in [-0.4, -0.2) is 10.8 Å². The van der Waals surface area contributed by atoms with Gasteiger partial charge in [0.15, 0.2) is 5.78 Å². The highest BCUT2D eigenvalue weighted by Gasteiger charge is 2.15. The number of rotatable bonds is 2. The molecule has 0 saturated heterocycles. The van der Waals surface area contributed by atoms with Crippen LogP contribution in [0.15, 0.2) is 53.4 Å². The number of nitrogens with zero attached hydrogens (tertiary/aromatic N) is 1. The van der Waals surface area contributed by atoms with Crippen LogP contribution in [0.2, 0.25) is 0 Å². The number of fused-ring (bicyclic) bond motifs is 1. The van der Waals surface area contributed by atoms with Gasteiger partial charge >= 0.3 is 0 Å².